The van der Waals surface area contributed by atoms with Gasteiger partial charge in [0.15, 0.2) is 0 Å². The molecule has 1 heterocycles. The van der Waals surface area contributed by atoms with Crippen LogP contribution in [0.25, 0.3) is 10.6 Å². The smallest absolute Gasteiger partial charge is 0.416 e. The third-order valence-corrected chi connectivity index (χ3v) is 5.23. The molecule has 33 heavy (non-hydrogen) atoms. The van der Waals surface area contributed by atoms with Crippen molar-refractivity contribution in [1.82, 2.24) is 4.98 Å². The summed E-state index contributed by atoms with van der Waals surface area (Å²) in [7, 11) is 0. The van der Waals surface area contributed by atoms with Gasteiger partial charge in [-0.3, -0.25) is 10.1 Å². The average molecular weight is 478 g/mol. The molecule has 0 unspecified atom stereocenters. The first-order valence-electron chi connectivity index (χ1n) is 10.1. The van der Waals surface area contributed by atoms with Crippen molar-refractivity contribution in [3.63, 3.8) is 0 Å². The Hall–Kier alpha value is -3.40. The molecule has 10 heteroatoms. The maximum Gasteiger partial charge on any atom is 0.416 e. The number of nitrogens with one attached hydrogen (secondary N) is 2. The topological polar surface area (TPSA) is 80.3 Å². The minimum atomic E-state index is -4.40. The molecule has 0 aliphatic carbocycles. The summed E-state index contributed by atoms with van der Waals surface area (Å²) in [6, 6.07) is 11.3. The number of carbonyl (C=O) groups excluding carboxylic acids is 2. The maximum atomic E-state index is 12.7. The second-order valence-electron chi connectivity index (χ2n) is 7.64. The van der Waals surface area contributed by atoms with Crippen LogP contribution >= 0.6 is 11.3 Å². The second kappa shape index (κ2) is 10.5. The molecule has 6 nitrogen and oxygen atoms in total. The molecule has 0 radical (unpaired) electrons. The van der Waals surface area contributed by atoms with E-state index in [1.807, 2.05) is 13.8 Å². The summed E-state index contributed by atoms with van der Waals surface area (Å²) in [4.78, 5) is 28.6. The number of nitrogens with zero attached hydrogens (tertiary/aromatic N) is 1. The van der Waals surface area contributed by atoms with E-state index in [4.69, 9.17) is 4.74 Å². The molecule has 2 amide bonds. The lowest BCUT2D eigenvalue weighted by Gasteiger charge is -2.10. The summed E-state index contributed by atoms with van der Waals surface area (Å²) in [6.45, 7) is 4.15. The van der Waals surface area contributed by atoms with Crippen molar-refractivity contribution in [2.24, 2.45) is 5.92 Å². The predicted octanol–water partition coefficient (Wildman–Crippen LogP) is 6.21. The van der Waals surface area contributed by atoms with Crippen molar-refractivity contribution in [2.45, 2.75) is 26.4 Å². The number of amides is 2. The zero-order valence-corrected chi connectivity index (χ0v) is 18.7. The van der Waals surface area contributed by atoms with Gasteiger partial charge in [0.05, 0.1) is 24.3 Å². The number of rotatable bonds is 7. The fourth-order valence-corrected chi connectivity index (χ4v) is 3.59. The summed E-state index contributed by atoms with van der Waals surface area (Å²) >= 11 is 1.25. The minimum absolute atomic E-state index is 0.00871. The van der Waals surface area contributed by atoms with E-state index in [-0.39, 0.29) is 18.2 Å². The van der Waals surface area contributed by atoms with Crippen LogP contribution in [0, 0.1) is 5.92 Å². The number of thiazole rings is 1. The van der Waals surface area contributed by atoms with Crippen LogP contribution in [0.1, 0.15) is 25.1 Å². The highest BCUT2D eigenvalue weighted by Crippen LogP contribution is 2.31. The first-order valence-corrected chi connectivity index (χ1v) is 10.9. The number of carbonyl (C=O) groups is 2. The molecule has 1 aromatic heterocycles. The molecule has 2 aromatic carbocycles. The normalized spacial score (nSPS) is 11.3. The standard InChI is InChI=1S/C23H22F3N3O3S/c1-14(2)12-32-22(31)29-18-5-3-4-17(10-18)27-20(30)11-19-13-33-21(28-19)15-6-8-16(9-7-15)23(24,25)26/h3-10,13-14H,11-12H2,1-2H3,(H,27,30)(H,29,31). The molecular formula is C23H22F3N3O3S. The summed E-state index contributed by atoms with van der Waals surface area (Å²) < 4.78 is 43.2. The lowest BCUT2D eigenvalue weighted by molar-refractivity contribution is -0.137. The number of ether oxygens (including phenoxy) is 1. The fourth-order valence-electron chi connectivity index (χ4n) is 2.76. The van der Waals surface area contributed by atoms with Gasteiger partial charge in [-0.05, 0) is 36.2 Å². The van der Waals surface area contributed by atoms with E-state index in [9.17, 15) is 22.8 Å². The lowest BCUT2D eigenvalue weighted by atomic mass is 10.1. The van der Waals surface area contributed by atoms with Crippen molar-refractivity contribution in [3.05, 3.63) is 65.2 Å². The largest absolute Gasteiger partial charge is 0.449 e. The zero-order valence-electron chi connectivity index (χ0n) is 17.9. The van der Waals surface area contributed by atoms with Crippen LogP contribution in [-0.4, -0.2) is 23.6 Å². The number of hydrogen-bond acceptors (Lipinski definition) is 5. The van der Waals surface area contributed by atoms with Gasteiger partial charge in [-0.15, -0.1) is 11.3 Å². The Morgan fingerprint density at radius 2 is 1.73 bits per heavy atom. The van der Waals surface area contributed by atoms with Crippen LogP contribution in [0.2, 0.25) is 0 Å². The van der Waals surface area contributed by atoms with Gasteiger partial charge in [0.2, 0.25) is 5.91 Å². The van der Waals surface area contributed by atoms with E-state index in [0.29, 0.717) is 34.2 Å². The first kappa shape index (κ1) is 24.2. The second-order valence-corrected chi connectivity index (χ2v) is 8.50. The number of halogens is 3. The molecule has 3 rings (SSSR count). The highest BCUT2D eigenvalue weighted by molar-refractivity contribution is 7.13. The van der Waals surface area contributed by atoms with E-state index >= 15 is 0 Å². The Morgan fingerprint density at radius 1 is 1.06 bits per heavy atom. The molecule has 174 valence electrons. The van der Waals surface area contributed by atoms with Crippen LogP contribution in [-0.2, 0) is 22.1 Å². The monoisotopic (exact) mass is 477 g/mol. The molecule has 0 bridgehead atoms. The van der Waals surface area contributed by atoms with Gasteiger partial charge >= 0.3 is 12.3 Å². The third kappa shape index (κ3) is 7.31. The van der Waals surface area contributed by atoms with Crippen LogP contribution in [0.3, 0.4) is 0 Å². The molecule has 0 atom stereocenters. The van der Waals surface area contributed by atoms with Gasteiger partial charge in [0.25, 0.3) is 0 Å². The van der Waals surface area contributed by atoms with Gasteiger partial charge in [-0.1, -0.05) is 32.0 Å². The molecule has 0 aliphatic heterocycles. The Kier molecular flexibility index (Phi) is 7.70. The highest BCUT2D eigenvalue weighted by Gasteiger charge is 2.30. The Labute approximate surface area is 192 Å². The van der Waals surface area contributed by atoms with Crippen LogP contribution in [0.4, 0.5) is 29.3 Å². The van der Waals surface area contributed by atoms with E-state index in [1.165, 1.54) is 23.5 Å². The Morgan fingerprint density at radius 3 is 2.36 bits per heavy atom. The minimum Gasteiger partial charge on any atom is -0.449 e. The molecule has 3 aromatic rings. The molecule has 0 aliphatic rings. The number of alkyl halides is 3. The molecule has 2 N–H and O–H groups in total. The van der Waals surface area contributed by atoms with E-state index in [1.54, 1.807) is 29.6 Å². The van der Waals surface area contributed by atoms with Crippen LogP contribution in [0.15, 0.2) is 53.9 Å². The SMILES string of the molecule is CC(C)COC(=O)Nc1cccc(NC(=O)Cc2csc(-c3ccc(C(F)(F)F)cc3)n2)c1. The first-order chi connectivity index (χ1) is 15.6. The maximum absolute atomic E-state index is 12.7. The van der Waals surface area contributed by atoms with Gasteiger partial charge < -0.3 is 10.1 Å². The van der Waals surface area contributed by atoms with Crippen molar-refractivity contribution in [1.29, 1.82) is 0 Å². The fraction of sp³-hybridized carbons (Fsp3) is 0.261. The summed E-state index contributed by atoms with van der Waals surface area (Å²) in [5, 5.41) is 7.55. The van der Waals surface area contributed by atoms with Gasteiger partial charge in [0.1, 0.15) is 5.01 Å². The van der Waals surface area contributed by atoms with Gasteiger partial charge in [-0.25, -0.2) is 9.78 Å². The number of hydrogen-bond donors (Lipinski definition) is 2. The van der Waals surface area contributed by atoms with E-state index in [0.717, 1.165) is 12.1 Å². The van der Waals surface area contributed by atoms with Crippen molar-refractivity contribution >= 4 is 34.7 Å². The molecule has 0 spiro atoms. The molecule has 0 saturated heterocycles. The lowest BCUT2D eigenvalue weighted by Crippen LogP contribution is -2.17. The summed E-state index contributed by atoms with van der Waals surface area (Å²) in [6.07, 6.45) is -4.98. The molecule has 0 fully saturated rings. The quantitative estimate of drug-likeness (QED) is 0.424. The zero-order chi connectivity index (χ0) is 24.0. The summed E-state index contributed by atoms with van der Waals surface area (Å²) in [5.74, 6) is -0.106. The summed E-state index contributed by atoms with van der Waals surface area (Å²) in [5.41, 5.74) is 1.27. The van der Waals surface area contributed by atoms with E-state index in [2.05, 4.69) is 15.6 Å². The van der Waals surface area contributed by atoms with Gasteiger partial charge in [-0.2, -0.15) is 13.2 Å². The molecular weight excluding hydrogens is 455 g/mol. The predicted molar refractivity (Wildman–Crippen MR) is 121 cm³/mol. The van der Waals surface area contributed by atoms with Crippen LogP contribution < -0.4 is 10.6 Å². The van der Waals surface area contributed by atoms with Gasteiger partial charge in [0, 0.05) is 22.3 Å². The average Bonchev–Trinajstić information content (AvgIpc) is 3.20. The number of benzene rings is 2. The van der Waals surface area contributed by atoms with E-state index < -0.39 is 17.8 Å². The highest BCUT2D eigenvalue weighted by atomic mass is 32.1. The Bertz CT molecular complexity index is 1110. The van der Waals surface area contributed by atoms with Crippen molar-refractivity contribution in [2.75, 3.05) is 17.2 Å². The number of anilines is 2. The van der Waals surface area contributed by atoms with Crippen molar-refractivity contribution in [3.8, 4) is 10.6 Å². The van der Waals surface area contributed by atoms with Crippen molar-refractivity contribution < 1.29 is 27.5 Å². The Balaban J connectivity index is 1.57. The molecule has 0 saturated carbocycles. The van der Waals surface area contributed by atoms with Crippen LogP contribution in [0.5, 0.6) is 0 Å². The third-order valence-electron chi connectivity index (χ3n) is 4.29. The number of aromatic nitrogens is 1.